The first kappa shape index (κ1) is 18.6. The van der Waals surface area contributed by atoms with Crippen LogP contribution in [0.4, 0.5) is 0 Å². The number of amides is 2. The van der Waals surface area contributed by atoms with Crippen molar-refractivity contribution in [2.24, 2.45) is 5.92 Å². The lowest BCUT2D eigenvalue weighted by atomic mass is 9.96. The van der Waals surface area contributed by atoms with Gasteiger partial charge in [-0.1, -0.05) is 0 Å². The van der Waals surface area contributed by atoms with Crippen LogP contribution in [0.25, 0.3) is 10.6 Å². The molecule has 2 aromatic rings. The van der Waals surface area contributed by atoms with Crippen molar-refractivity contribution in [3.05, 3.63) is 27.9 Å². The number of carbonyl (C=O) groups excluding carboxylic acids is 2. The average molecular weight is 406 g/mol. The molecule has 0 aliphatic carbocycles. The van der Waals surface area contributed by atoms with E-state index < -0.39 is 0 Å². The number of rotatable bonds is 4. The van der Waals surface area contributed by atoms with Crippen molar-refractivity contribution in [2.45, 2.75) is 19.3 Å². The van der Waals surface area contributed by atoms with Crippen LogP contribution in [0.15, 0.2) is 22.2 Å². The Kier molecular flexibility index (Phi) is 5.85. The fraction of sp³-hybridized carbons (Fsp3) is 0.526. The molecule has 144 valence electrons. The van der Waals surface area contributed by atoms with Crippen LogP contribution in [0.2, 0.25) is 0 Å². The molecule has 4 rings (SSSR count). The Morgan fingerprint density at radius 2 is 2.04 bits per heavy atom. The molecule has 0 spiro atoms. The van der Waals surface area contributed by atoms with E-state index in [0.717, 1.165) is 35.7 Å². The molecule has 2 aromatic heterocycles. The first-order chi connectivity index (χ1) is 13.2. The average Bonchev–Trinajstić information content (AvgIpc) is 3.40. The van der Waals surface area contributed by atoms with E-state index in [4.69, 9.17) is 4.74 Å². The standard InChI is InChI=1S/C19H23N3O3S2/c23-17(10-16-13-27-18(20-16)15-3-9-26-12-15)22-4-1-2-14(11-22)19(24)21-5-7-25-8-6-21/h3,9,12-14H,1-2,4-8,10-11H2. The normalized spacial score (nSPS) is 20.7. The molecule has 2 aliphatic heterocycles. The molecule has 2 saturated heterocycles. The van der Waals surface area contributed by atoms with Crippen molar-refractivity contribution >= 4 is 34.5 Å². The van der Waals surface area contributed by atoms with E-state index in [1.54, 1.807) is 22.7 Å². The number of nitrogens with zero attached hydrogens (tertiary/aromatic N) is 3. The van der Waals surface area contributed by atoms with Gasteiger partial charge in [0.15, 0.2) is 0 Å². The number of thiazole rings is 1. The van der Waals surface area contributed by atoms with E-state index in [1.807, 2.05) is 26.6 Å². The van der Waals surface area contributed by atoms with Crippen LogP contribution >= 0.6 is 22.7 Å². The third-order valence-corrected chi connectivity index (χ3v) is 6.72. The highest BCUT2D eigenvalue weighted by Gasteiger charge is 2.32. The fourth-order valence-corrected chi connectivity index (χ4v) is 5.15. The topological polar surface area (TPSA) is 62.7 Å². The van der Waals surface area contributed by atoms with Crippen molar-refractivity contribution in [2.75, 3.05) is 39.4 Å². The summed E-state index contributed by atoms with van der Waals surface area (Å²) in [5.41, 5.74) is 1.92. The number of likely N-dealkylation sites (tertiary alicyclic amines) is 1. The molecule has 1 unspecified atom stereocenters. The van der Waals surface area contributed by atoms with Gasteiger partial charge in [-0.3, -0.25) is 9.59 Å². The van der Waals surface area contributed by atoms with E-state index in [2.05, 4.69) is 10.4 Å². The minimum Gasteiger partial charge on any atom is -0.378 e. The van der Waals surface area contributed by atoms with Gasteiger partial charge in [0.05, 0.1) is 31.2 Å². The van der Waals surface area contributed by atoms with Crippen molar-refractivity contribution in [3.63, 3.8) is 0 Å². The molecular weight excluding hydrogens is 382 g/mol. The molecule has 0 saturated carbocycles. The smallest absolute Gasteiger partial charge is 0.228 e. The molecule has 8 heteroatoms. The van der Waals surface area contributed by atoms with Crippen LogP contribution in [0.3, 0.4) is 0 Å². The van der Waals surface area contributed by atoms with E-state index >= 15 is 0 Å². The summed E-state index contributed by atoms with van der Waals surface area (Å²) in [5, 5.41) is 7.02. The summed E-state index contributed by atoms with van der Waals surface area (Å²) in [6.45, 7) is 3.79. The Hall–Kier alpha value is -1.77. The molecule has 6 nitrogen and oxygen atoms in total. The number of thiophene rings is 1. The number of piperidine rings is 1. The Morgan fingerprint density at radius 1 is 1.19 bits per heavy atom. The maximum absolute atomic E-state index is 12.8. The Bertz CT molecular complexity index is 784. The molecule has 0 radical (unpaired) electrons. The van der Waals surface area contributed by atoms with Gasteiger partial charge in [0, 0.05) is 42.5 Å². The molecule has 1 atom stereocenters. The molecule has 0 bridgehead atoms. The Labute approximate surface area is 166 Å². The zero-order valence-electron chi connectivity index (χ0n) is 15.1. The number of morpholine rings is 1. The zero-order chi connectivity index (χ0) is 18.6. The monoisotopic (exact) mass is 405 g/mol. The van der Waals surface area contributed by atoms with E-state index in [-0.39, 0.29) is 17.7 Å². The summed E-state index contributed by atoms with van der Waals surface area (Å²) in [6.07, 6.45) is 2.04. The van der Waals surface area contributed by atoms with Crippen LogP contribution in [0.5, 0.6) is 0 Å². The van der Waals surface area contributed by atoms with Gasteiger partial charge in [0.25, 0.3) is 0 Å². The van der Waals surface area contributed by atoms with Gasteiger partial charge in [-0.25, -0.2) is 4.98 Å². The highest BCUT2D eigenvalue weighted by atomic mass is 32.1. The van der Waals surface area contributed by atoms with Gasteiger partial charge in [0.2, 0.25) is 11.8 Å². The lowest BCUT2D eigenvalue weighted by molar-refractivity contribution is -0.143. The highest BCUT2D eigenvalue weighted by Crippen LogP contribution is 2.26. The number of hydrogen-bond acceptors (Lipinski definition) is 6. The summed E-state index contributed by atoms with van der Waals surface area (Å²) in [4.78, 5) is 33.8. The van der Waals surface area contributed by atoms with E-state index in [1.165, 1.54) is 0 Å². The minimum atomic E-state index is -0.0856. The first-order valence-corrected chi connectivity index (χ1v) is 11.1. The largest absolute Gasteiger partial charge is 0.378 e. The van der Waals surface area contributed by atoms with Gasteiger partial charge < -0.3 is 14.5 Å². The summed E-state index contributed by atoms with van der Waals surface area (Å²) >= 11 is 3.21. The highest BCUT2D eigenvalue weighted by molar-refractivity contribution is 7.14. The van der Waals surface area contributed by atoms with Crippen molar-refractivity contribution in [1.29, 1.82) is 0 Å². The van der Waals surface area contributed by atoms with Crippen molar-refractivity contribution < 1.29 is 14.3 Å². The lowest BCUT2D eigenvalue weighted by Crippen LogP contribution is -2.49. The van der Waals surface area contributed by atoms with Gasteiger partial charge in [-0.2, -0.15) is 11.3 Å². The minimum absolute atomic E-state index is 0.0663. The first-order valence-electron chi connectivity index (χ1n) is 9.32. The molecule has 2 fully saturated rings. The number of carbonyl (C=O) groups is 2. The second-order valence-corrected chi connectivity index (χ2v) is 8.59. The third-order valence-electron chi connectivity index (χ3n) is 5.10. The van der Waals surface area contributed by atoms with Crippen LogP contribution in [0, 0.1) is 5.92 Å². The number of ether oxygens (including phenoxy) is 1. The molecular formula is C19H23N3O3S2. The van der Waals surface area contributed by atoms with Crippen LogP contribution < -0.4 is 0 Å². The lowest BCUT2D eigenvalue weighted by Gasteiger charge is -2.36. The number of hydrogen-bond donors (Lipinski definition) is 0. The summed E-state index contributed by atoms with van der Waals surface area (Å²) in [7, 11) is 0. The molecule has 2 aliphatic rings. The zero-order valence-corrected chi connectivity index (χ0v) is 16.8. The van der Waals surface area contributed by atoms with Crippen molar-refractivity contribution in [1.82, 2.24) is 14.8 Å². The summed E-state index contributed by atoms with van der Waals surface area (Å²) in [6, 6.07) is 2.04. The molecule has 0 N–H and O–H groups in total. The maximum Gasteiger partial charge on any atom is 0.228 e. The van der Waals surface area contributed by atoms with Crippen LogP contribution in [-0.4, -0.2) is 66.0 Å². The second kappa shape index (κ2) is 8.50. The predicted octanol–water partition coefficient (Wildman–Crippen LogP) is 2.51. The SMILES string of the molecule is O=C(Cc1csc(-c2ccsc2)n1)N1CCCC(C(=O)N2CCOCC2)C1. The van der Waals surface area contributed by atoms with E-state index in [9.17, 15) is 9.59 Å². The van der Waals surface area contributed by atoms with E-state index in [0.29, 0.717) is 39.3 Å². The number of aromatic nitrogens is 1. The quantitative estimate of drug-likeness (QED) is 0.784. The molecule has 4 heterocycles. The predicted molar refractivity (Wildman–Crippen MR) is 106 cm³/mol. The fourth-order valence-electron chi connectivity index (χ4n) is 3.62. The molecule has 27 heavy (non-hydrogen) atoms. The molecule has 0 aromatic carbocycles. The second-order valence-electron chi connectivity index (χ2n) is 6.95. The van der Waals surface area contributed by atoms with Crippen LogP contribution in [-0.2, 0) is 20.7 Å². The Balaban J connectivity index is 1.35. The van der Waals surface area contributed by atoms with Gasteiger partial charge in [0.1, 0.15) is 5.01 Å². The van der Waals surface area contributed by atoms with Crippen LogP contribution in [0.1, 0.15) is 18.5 Å². The van der Waals surface area contributed by atoms with Gasteiger partial charge in [-0.05, 0) is 24.3 Å². The maximum atomic E-state index is 12.8. The van der Waals surface area contributed by atoms with Crippen molar-refractivity contribution in [3.8, 4) is 10.6 Å². The third kappa shape index (κ3) is 4.39. The van der Waals surface area contributed by atoms with Gasteiger partial charge in [-0.15, -0.1) is 11.3 Å². The van der Waals surface area contributed by atoms with Gasteiger partial charge >= 0.3 is 0 Å². The molecule has 2 amide bonds. The summed E-state index contributed by atoms with van der Waals surface area (Å²) < 4.78 is 5.33. The Morgan fingerprint density at radius 3 is 2.81 bits per heavy atom. The summed E-state index contributed by atoms with van der Waals surface area (Å²) in [5.74, 6) is 0.151.